The molecule has 0 bridgehead atoms. The van der Waals surface area contributed by atoms with Crippen molar-refractivity contribution in [3.8, 4) is 0 Å². The van der Waals surface area contributed by atoms with Gasteiger partial charge < -0.3 is 5.32 Å². The van der Waals surface area contributed by atoms with Gasteiger partial charge >= 0.3 is 6.18 Å². The monoisotopic (exact) mass is 291 g/mol. The predicted molar refractivity (Wildman–Crippen MR) is 73.6 cm³/mol. The topological polar surface area (TPSA) is 29.9 Å². The Hall–Kier alpha value is -1.04. The fourth-order valence-electron chi connectivity index (χ4n) is 2.16. The fourth-order valence-corrected chi connectivity index (χ4v) is 2.16. The van der Waals surface area contributed by atoms with Crippen LogP contribution in [0.3, 0.4) is 0 Å². The highest BCUT2D eigenvalue weighted by Crippen LogP contribution is 2.25. The molecule has 0 spiro atoms. The molecule has 1 heterocycles. The minimum Gasteiger partial charge on any atom is -0.307 e. The van der Waals surface area contributed by atoms with Crippen LogP contribution in [0, 0.1) is 6.92 Å². The number of alkyl halides is 3. The summed E-state index contributed by atoms with van der Waals surface area (Å²) in [7, 11) is 0. The predicted octanol–water partition coefficient (Wildman–Crippen LogP) is 3.94. The van der Waals surface area contributed by atoms with Crippen LogP contribution in [0.15, 0.2) is 6.20 Å². The Morgan fingerprint density at radius 2 is 1.80 bits per heavy atom. The summed E-state index contributed by atoms with van der Waals surface area (Å²) >= 11 is 0. The molecule has 3 nitrogen and oxygen atoms in total. The first-order valence-corrected chi connectivity index (χ1v) is 6.79. The smallest absolute Gasteiger partial charge is 0.307 e. The van der Waals surface area contributed by atoms with E-state index in [0.29, 0.717) is 0 Å². The highest BCUT2D eigenvalue weighted by atomic mass is 19.4. The molecule has 2 atom stereocenters. The molecule has 116 valence electrons. The van der Waals surface area contributed by atoms with Gasteiger partial charge in [0.25, 0.3) is 0 Å². The third-order valence-electron chi connectivity index (χ3n) is 3.16. The van der Waals surface area contributed by atoms with E-state index in [9.17, 15) is 13.2 Å². The number of nitrogens with zero attached hydrogens (tertiary/aromatic N) is 2. The number of nitrogens with one attached hydrogen (secondary N) is 1. The molecule has 1 aromatic rings. The Bertz CT molecular complexity index is 443. The summed E-state index contributed by atoms with van der Waals surface area (Å²) in [6.45, 7) is 11.4. The third-order valence-corrected chi connectivity index (χ3v) is 3.16. The zero-order valence-corrected chi connectivity index (χ0v) is 13.0. The van der Waals surface area contributed by atoms with Crippen LogP contribution < -0.4 is 5.32 Å². The molecule has 2 unspecified atom stereocenters. The molecule has 20 heavy (non-hydrogen) atoms. The Morgan fingerprint density at radius 3 is 2.20 bits per heavy atom. The van der Waals surface area contributed by atoms with Gasteiger partial charge in [-0.05, 0) is 41.5 Å². The summed E-state index contributed by atoms with van der Waals surface area (Å²) in [6.07, 6.45) is -3.06. The maximum Gasteiger partial charge on any atom is 0.390 e. The van der Waals surface area contributed by atoms with E-state index >= 15 is 0 Å². The normalized spacial score (nSPS) is 16.2. The van der Waals surface area contributed by atoms with Crippen molar-refractivity contribution in [1.29, 1.82) is 0 Å². The van der Waals surface area contributed by atoms with Crippen molar-refractivity contribution >= 4 is 0 Å². The SMILES string of the molecule is Cc1nn(C(C)(C)C)cc1C(C)NC(C)CC(F)(F)F. The first-order valence-electron chi connectivity index (χ1n) is 6.79. The van der Waals surface area contributed by atoms with Gasteiger partial charge in [0.05, 0.1) is 17.7 Å². The zero-order valence-electron chi connectivity index (χ0n) is 13.0. The van der Waals surface area contributed by atoms with Crippen molar-refractivity contribution in [2.45, 2.75) is 71.8 Å². The lowest BCUT2D eigenvalue weighted by Crippen LogP contribution is -2.33. The lowest BCUT2D eigenvalue weighted by Gasteiger charge is -2.21. The van der Waals surface area contributed by atoms with Crippen molar-refractivity contribution in [1.82, 2.24) is 15.1 Å². The van der Waals surface area contributed by atoms with Gasteiger partial charge in [-0.25, -0.2) is 0 Å². The standard InChI is InChI=1S/C14H24F3N3/c1-9(7-14(15,16)17)18-10(2)12-8-20(13(4,5)6)19-11(12)3/h8-10,18H,7H2,1-6H3. The van der Waals surface area contributed by atoms with Gasteiger partial charge in [0.1, 0.15) is 0 Å². The number of rotatable bonds is 4. The van der Waals surface area contributed by atoms with Gasteiger partial charge in [0, 0.05) is 23.8 Å². The van der Waals surface area contributed by atoms with Gasteiger partial charge in [-0.3, -0.25) is 4.68 Å². The summed E-state index contributed by atoms with van der Waals surface area (Å²) in [5.41, 5.74) is 1.65. The van der Waals surface area contributed by atoms with Gasteiger partial charge in [-0.15, -0.1) is 0 Å². The third kappa shape index (κ3) is 4.81. The second-order valence-electron chi connectivity index (χ2n) is 6.39. The molecule has 1 rings (SSSR count). The van der Waals surface area contributed by atoms with Gasteiger partial charge in [0.15, 0.2) is 0 Å². The van der Waals surface area contributed by atoms with Gasteiger partial charge in [-0.1, -0.05) is 0 Å². The minimum absolute atomic E-state index is 0.139. The second-order valence-corrected chi connectivity index (χ2v) is 6.39. The first kappa shape index (κ1) is 17.0. The van der Waals surface area contributed by atoms with Crippen LogP contribution >= 0.6 is 0 Å². The number of halogens is 3. The van der Waals surface area contributed by atoms with Crippen LogP contribution in [-0.2, 0) is 5.54 Å². The average molecular weight is 291 g/mol. The molecule has 0 saturated heterocycles. The Morgan fingerprint density at radius 1 is 1.25 bits per heavy atom. The summed E-state index contributed by atoms with van der Waals surface area (Å²) < 4.78 is 38.9. The summed E-state index contributed by atoms with van der Waals surface area (Å²) in [6, 6.07) is -0.786. The van der Waals surface area contributed by atoms with Crippen molar-refractivity contribution in [2.24, 2.45) is 0 Å². The second kappa shape index (κ2) is 5.76. The van der Waals surface area contributed by atoms with Crippen LogP contribution in [0.1, 0.15) is 58.3 Å². The summed E-state index contributed by atoms with van der Waals surface area (Å²) in [5.74, 6) is 0. The van der Waals surface area contributed by atoms with E-state index in [-0.39, 0.29) is 11.6 Å². The van der Waals surface area contributed by atoms with Gasteiger partial charge in [-0.2, -0.15) is 18.3 Å². The maximum absolute atomic E-state index is 12.3. The molecule has 0 aliphatic rings. The van der Waals surface area contributed by atoms with Crippen LogP contribution in [0.5, 0.6) is 0 Å². The maximum atomic E-state index is 12.3. The number of aromatic nitrogens is 2. The molecule has 0 aliphatic carbocycles. The molecule has 0 saturated carbocycles. The Labute approximate surface area is 118 Å². The Kier molecular flexibility index (Phi) is 4.90. The molecule has 0 aromatic carbocycles. The van der Waals surface area contributed by atoms with Crippen molar-refractivity contribution < 1.29 is 13.2 Å². The zero-order chi connectivity index (χ0) is 15.7. The number of aryl methyl sites for hydroxylation is 1. The van der Waals surface area contributed by atoms with E-state index in [1.54, 1.807) is 6.92 Å². The highest BCUT2D eigenvalue weighted by molar-refractivity contribution is 5.20. The molecule has 1 N–H and O–H groups in total. The van der Waals surface area contributed by atoms with E-state index in [4.69, 9.17) is 0 Å². The first-order chi connectivity index (χ1) is 8.90. The van der Waals surface area contributed by atoms with Crippen molar-refractivity contribution in [3.63, 3.8) is 0 Å². The molecule has 1 aromatic heterocycles. The van der Waals surface area contributed by atoms with Crippen LogP contribution in [0.2, 0.25) is 0 Å². The number of hydrogen-bond donors (Lipinski definition) is 1. The van der Waals surface area contributed by atoms with E-state index in [2.05, 4.69) is 10.4 Å². The van der Waals surface area contributed by atoms with E-state index in [1.165, 1.54) is 0 Å². The number of hydrogen-bond acceptors (Lipinski definition) is 2. The average Bonchev–Trinajstić information content (AvgIpc) is 2.56. The van der Waals surface area contributed by atoms with Crippen LogP contribution in [0.4, 0.5) is 13.2 Å². The largest absolute Gasteiger partial charge is 0.390 e. The van der Waals surface area contributed by atoms with E-state index in [0.717, 1.165) is 11.3 Å². The molecular formula is C14H24F3N3. The minimum atomic E-state index is -4.14. The van der Waals surface area contributed by atoms with Crippen molar-refractivity contribution in [3.05, 3.63) is 17.5 Å². The van der Waals surface area contributed by atoms with Crippen molar-refractivity contribution in [2.75, 3.05) is 0 Å². The molecular weight excluding hydrogens is 267 g/mol. The molecule has 0 aliphatic heterocycles. The highest BCUT2D eigenvalue weighted by Gasteiger charge is 2.30. The quantitative estimate of drug-likeness (QED) is 0.910. The Balaban J connectivity index is 2.78. The van der Waals surface area contributed by atoms with Crippen LogP contribution in [-0.4, -0.2) is 22.0 Å². The molecule has 6 heteroatoms. The van der Waals surface area contributed by atoms with Crippen LogP contribution in [0.25, 0.3) is 0 Å². The summed E-state index contributed by atoms with van der Waals surface area (Å²) in [5, 5.41) is 7.42. The molecule has 0 amide bonds. The van der Waals surface area contributed by atoms with E-state index in [1.807, 2.05) is 45.5 Å². The lowest BCUT2D eigenvalue weighted by atomic mass is 10.1. The molecule has 0 radical (unpaired) electrons. The lowest BCUT2D eigenvalue weighted by molar-refractivity contribution is -0.139. The van der Waals surface area contributed by atoms with Gasteiger partial charge in [0.2, 0.25) is 0 Å². The molecule has 0 fully saturated rings. The fraction of sp³-hybridized carbons (Fsp3) is 0.786. The van der Waals surface area contributed by atoms with E-state index < -0.39 is 18.6 Å². The summed E-state index contributed by atoms with van der Waals surface area (Å²) in [4.78, 5) is 0.